The summed E-state index contributed by atoms with van der Waals surface area (Å²) < 4.78 is 46.3. The van der Waals surface area contributed by atoms with Gasteiger partial charge in [0, 0.05) is 71.0 Å². The molecule has 0 saturated heterocycles. The van der Waals surface area contributed by atoms with Gasteiger partial charge in [0.25, 0.3) is 0 Å². The van der Waals surface area contributed by atoms with Crippen LogP contribution in [0.25, 0.3) is 0 Å². The van der Waals surface area contributed by atoms with Gasteiger partial charge in [-0.15, -0.1) is 0 Å². The molecule has 0 rings (SSSR count). The van der Waals surface area contributed by atoms with Gasteiger partial charge in [0.05, 0.1) is 0 Å². The van der Waals surface area contributed by atoms with Crippen molar-refractivity contribution in [3.05, 3.63) is 0 Å². The van der Waals surface area contributed by atoms with Crippen molar-refractivity contribution in [1.29, 1.82) is 0 Å². The molecule has 0 aromatic heterocycles. The normalized spacial score (nSPS) is 17.2. The predicted molar refractivity (Wildman–Crippen MR) is 166 cm³/mol. The molecule has 2 unspecified atom stereocenters. The minimum atomic E-state index is -2.89. The molecular formula is C28H64O7Si3. The smallest absolute Gasteiger partial charge is 0.334 e. The third-order valence-corrected chi connectivity index (χ3v) is 22.0. The Labute approximate surface area is 239 Å². The number of hydrogen-bond donors (Lipinski definition) is 0. The van der Waals surface area contributed by atoms with Crippen molar-refractivity contribution in [2.45, 2.75) is 130 Å². The molecule has 0 bridgehead atoms. The summed E-state index contributed by atoms with van der Waals surface area (Å²) in [5.41, 5.74) is 0.722. The zero-order valence-corrected chi connectivity index (χ0v) is 30.0. The van der Waals surface area contributed by atoms with Crippen LogP contribution in [-0.4, -0.2) is 78.5 Å². The van der Waals surface area contributed by atoms with Crippen LogP contribution in [0.15, 0.2) is 0 Å². The highest BCUT2D eigenvalue weighted by Gasteiger charge is 2.57. The summed E-state index contributed by atoms with van der Waals surface area (Å²) in [6.45, 7) is 29.5. The quantitative estimate of drug-likeness (QED) is 0.0742. The Hall–Kier alpha value is 0.371. The molecule has 0 N–H and O–H groups in total. The number of ether oxygens (including phenoxy) is 3. The van der Waals surface area contributed by atoms with E-state index >= 15 is 0 Å². The Morgan fingerprint density at radius 1 is 0.421 bits per heavy atom. The SMILES string of the molecule is CCCOCC[Si](OCC)(O[Si](CCOCCC)(O[Si](CCOCCC)(OCC)C(C)C)C(C)C)C(C)C. The van der Waals surface area contributed by atoms with Gasteiger partial charge in [0.2, 0.25) is 0 Å². The first kappa shape index (κ1) is 38.4. The maximum absolute atomic E-state index is 7.52. The van der Waals surface area contributed by atoms with Gasteiger partial charge in [0.15, 0.2) is 0 Å². The van der Waals surface area contributed by atoms with Crippen LogP contribution >= 0.6 is 0 Å². The van der Waals surface area contributed by atoms with Crippen LogP contribution < -0.4 is 0 Å². The minimum absolute atomic E-state index is 0.206. The second kappa shape index (κ2) is 21.1. The Morgan fingerprint density at radius 2 is 0.711 bits per heavy atom. The molecule has 10 heteroatoms. The van der Waals surface area contributed by atoms with Crippen LogP contribution in [0.4, 0.5) is 0 Å². The first-order valence-corrected chi connectivity index (χ1v) is 21.8. The molecule has 0 heterocycles. The van der Waals surface area contributed by atoms with Crippen LogP contribution in [-0.2, 0) is 31.3 Å². The van der Waals surface area contributed by atoms with Gasteiger partial charge in [-0.3, -0.25) is 0 Å². The van der Waals surface area contributed by atoms with Gasteiger partial charge in [-0.1, -0.05) is 62.3 Å². The van der Waals surface area contributed by atoms with Crippen LogP contribution in [0.5, 0.6) is 0 Å². The lowest BCUT2D eigenvalue weighted by Crippen LogP contribution is -2.64. The lowest BCUT2D eigenvalue weighted by atomic mass is 10.5. The molecule has 0 aromatic carbocycles. The third kappa shape index (κ3) is 12.9. The lowest BCUT2D eigenvalue weighted by Gasteiger charge is -2.49. The van der Waals surface area contributed by atoms with Crippen molar-refractivity contribution in [3.63, 3.8) is 0 Å². The zero-order chi connectivity index (χ0) is 29.1. The molecule has 0 fully saturated rings. The molecule has 0 aromatic rings. The maximum atomic E-state index is 7.52. The molecule has 0 saturated carbocycles. The first-order valence-electron chi connectivity index (χ1n) is 15.5. The summed E-state index contributed by atoms with van der Waals surface area (Å²) in [5.74, 6) is 0. The summed E-state index contributed by atoms with van der Waals surface area (Å²) in [6, 6.07) is 2.35. The van der Waals surface area contributed by atoms with E-state index in [0.717, 1.165) is 57.2 Å². The molecule has 0 spiro atoms. The second-order valence-electron chi connectivity index (χ2n) is 11.1. The Morgan fingerprint density at radius 3 is 0.947 bits per heavy atom. The zero-order valence-electron chi connectivity index (χ0n) is 27.0. The fourth-order valence-corrected chi connectivity index (χ4v) is 20.6. The highest BCUT2D eigenvalue weighted by Crippen LogP contribution is 2.42. The predicted octanol–water partition coefficient (Wildman–Crippen LogP) is 7.93. The number of hydrogen-bond acceptors (Lipinski definition) is 7. The van der Waals surface area contributed by atoms with Gasteiger partial charge in [-0.05, 0) is 49.7 Å². The highest BCUT2D eigenvalue weighted by molar-refractivity contribution is 6.88. The van der Waals surface area contributed by atoms with Gasteiger partial charge in [-0.25, -0.2) is 0 Å². The summed E-state index contributed by atoms with van der Waals surface area (Å²) in [6.07, 6.45) is 3.01. The van der Waals surface area contributed by atoms with E-state index in [1.54, 1.807) is 0 Å². The molecule has 0 amide bonds. The maximum Gasteiger partial charge on any atom is 0.334 e. The molecule has 0 radical (unpaired) electrons. The van der Waals surface area contributed by atoms with E-state index in [4.69, 9.17) is 31.3 Å². The Balaban J connectivity index is 6.58. The summed E-state index contributed by atoms with van der Waals surface area (Å²) in [7, 11) is -8.29. The standard InChI is InChI=1S/C28H64O7Si3/c1-12-17-29-20-23-36(26(6)7,32-15-4)34-38(28(10)11,25-22-31-19-14-3)35-37(27(8)9,33-16-5)24-21-30-18-13-2/h26-28H,12-25H2,1-11H3. The molecule has 230 valence electrons. The van der Waals surface area contributed by atoms with Crippen LogP contribution in [0.2, 0.25) is 34.8 Å². The second-order valence-corrected chi connectivity index (χ2v) is 23.1. The first-order chi connectivity index (χ1) is 18.0. The molecular weight excluding hydrogens is 533 g/mol. The van der Waals surface area contributed by atoms with Crippen molar-refractivity contribution < 1.29 is 31.3 Å². The monoisotopic (exact) mass is 596 g/mol. The Bertz CT molecular complexity index is 533. The van der Waals surface area contributed by atoms with Gasteiger partial charge >= 0.3 is 25.7 Å². The average Bonchev–Trinajstić information content (AvgIpc) is 2.86. The van der Waals surface area contributed by atoms with Crippen molar-refractivity contribution in [3.8, 4) is 0 Å². The molecule has 0 aliphatic rings. The van der Waals surface area contributed by atoms with Crippen LogP contribution in [0.3, 0.4) is 0 Å². The van der Waals surface area contributed by atoms with Crippen molar-refractivity contribution in [1.82, 2.24) is 0 Å². The minimum Gasteiger partial charge on any atom is -0.414 e. The van der Waals surface area contributed by atoms with Gasteiger partial charge in [0.1, 0.15) is 0 Å². The fraction of sp³-hybridized carbons (Fsp3) is 1.00. The summed E-state index contributed by atoms with van der Waals surface area (Å²) >= 11 is 0. The van der Waals surface area contributed by atoms with Gasteiger partial charge < -0.3 is 31.3 Å². The van der Waals surface area contributed by atoms with Crippen molar-refractivity contribution >= 4 is 25.7 Å². The highest BCUT2D eigenvalue weighted by atomic mass is 28.5. The molecule has 0 aliphatic carbocycles. The fourth-order valence-electron chi connectivity index (χ4n) is 4.55. The lowest BCUT2D eigenvalue weighted by molar-refractivity contribution is 0.119. The van der Waals surface area contributed by atoms with E-state index < -0.39 is 25.7 Å². The van der Waals surface area contributed by atoms with Gasteiger partial charge in [-0.2, -0.15) is 0 Å². The average molecular weight is 597 g/mol. The summed E-state index contributed by atoms with van der Waals surface area (Å²) in [5, 5.41) is 0. The molecule has 0 aliphatic heterocycles. The summed E-state index contributed by atoms with van der Waals surface area (Å²) in [4.78, 5) is 0. The van der Waals surface area contributed by atoms with E-state index in [-0.39, 0.29) is 16.6 Å². The molecule has 2 atom stereocenters. The van der Waals surface area contributed by atoms with Crippen LogP contribution in [0, 0.1) is 0 Å². The van der Waals surface area contributed by atoms with Crippen LogP contribution in [0.1, 0.15) is 95.4 Å². The van der Waals surface area contributed by atoms with E-state index in [1.165, 1.54) is 0 Å². The van der Waals surface area contributed by atoms with E-state index in [2.05, 4.69) is 76.2 Å². The Kier molecular flexibility index (Phi) is 21.3. The molecule has 38 heavy (non-hydrogen) atoms. The molecule has 7 nitrogen and oxygen atoms in total. The number of rotatable bonds is 26. The third-order valence-electron chi connectivity index (χ3n) is 6.94. The van der Waals surface area contributed by atoms with E-state index in [9.17, 15) is 0 Å². The van der Waals surface area contributed by atoms with E-state index in [1.807, 2.05) is 0 Å². The van der Waals surface area contributed by atoms with Crippen molar-refractivity contribution in [2.75, 3.05) is 52.9 Å². The largest absolute Gasteiger partial charge is 0.414 e. The van der Waals surface area contributed by atoms with E-state index in [0.29, 0.717) is 33.0 Å². The van der Waals surface area contributed by atoms with Crippen molar-refractivity contribution in [2.24, 2.45) is 0 Å². The topological polar surface area (TPSA) is 64.6 Å².